The van der Waals surface area contributed by atoms with E-state index in [1.54, 1.807) is 6.07 Å². The number of hydrogen-bond donors (Lipinski definition) is 2. The Balaban J connectivity index is 2.77. The molecule has 94 valence electrons. The minimum atomic E-state index is -0.624. The van der Waals surface area contributed by atoms with Gasteiger partial charge in [0.15, 0.2) is 0 Å². The summed E-state index contributed by atoms with van der Waals surface area (Å²) in [5.41, 5.74) is -0.0156. The molecule has 17 heavy (non-hydrogen) atoms. The third-order valence-electron chi connectivity index (χ3n) is 2.24. The molecular weight excluding hydrogens is 305 g/mol. The molecule has 0 atom stereocenters. The van der Waals surface area contributed by atoms with E-state index >= 15 is 0 Å². The van der Waals surface area contributed by atoms with Crippen molar-refractivity contribution in [3.8, 4) is 0 Å². The van der Waals surface area contributed by atoms with E-state index in [1.807, 2.05) is 20.8 Å². The summed E-state index contributed by atoms with van der Waals surface area (Å²) in [6, 6.07) is 1.72. The van der Waals surface area contributed by atoms with Crippen LogP contribution in [0.15, 0.2) is 16.7 Å². The van der Waals surface area contributed by atoms with Gasteiger partial charge in [-0.2, -0.15) is 0 Å². The zero-order valence-corrected chi connectivity index (χ0v) is 12.3. The summed E-state index contributed by atoms with van der Waals surface area (Å²) < 4.78 is 0.651. The minimum absolute atomic E-state index is 0.115. The standard InChI is InChI=1S/C11H15BrClN3O/c1-4-15-11(2,3)10(17)16-7-5-8(12)9(13)14-6-7/h5-6,15H,4H2,1-3H3,(H,16,17). The molecule has 1 heterocycles. The number of amides is 1. The van der Waals surface area contributed by atoms with Crippen molar-refractivity contribution >= 4 is 39.1 Å². The molecule has 6 heteroatoms. The summed E-state index contributed by atoms with van der Waals surface area (Å²) in [6.45, 7) is 6.33. The second kappa shape index (κ2) is 5.80. The lowest BCUT2D eigenvalue weighted by Crippen LogP contribution is -2.49. The molecule has 0 unspecified atom stereocenters. The Labute approximate surface area is 114 Å². The third kappa shape index (κ3) is 3.94. The van der Waals surface area contributed by atoms with Crippen LogP contribution in [0, 0.1) is 0 Å². The molecule has 0 aliphatic heterocycles. The van der Waals surface area contributed by atoms with E-state index in [2.05, 4.69) is 31.5 Å². The number of carbonyl (C=O) groups excluding carboxylic acids is 1. The number of likely N-dealkylation sites (N-methyl/N-ethyl adjacent to an activating group) is 1. The Bertz CT molecular complexity index is 423. The number of hydrogen-bond acceptors (Lipinski definition) is 3. The topological polar surface area (TPSA) is 54.0 Å². The van der Waals surface area contributed by atoms with Gasteiger partial charge in [-0.05, 0) is 42.4 Å². The van der Waals surface area contributed by atoms with E-state index in [0.717, 1.165) is 6.54 Å². The second-order valence-electron chi connectivity index (χ2n) is 4.11. The van der Waals surface area contributed by atoms with Crippen molar-refractivity contribution in [3.63, 3.8) is 0 Å². The number of pyridine rings is 1. The Morgan fingerprint density at radius 3 is 2.76 bits per heavy atom. The van der Waals surface area contributed by atoms with Crippen LogP contribution in [0.1, 0.15) is 20.8 Å². The van der Waals surface area contributed by atoms with E-state index in [0.29, 0.717) is 15.3 Å². The van der Waals surface area contributed by atoms with Crippen LogP contribution in [0.2, 0.25) is 5.15 Å². The molecule has 0 fully saturated rings. The van der Waals surface area contributed by atoms with Gasteiger partial charge in [0.05, 0.1) is 21.9 Å². The average Bonchev–Trinajstić information content (AvgIpc) is 2.23. The van der Waals surface area contributed by atoms with Gasteiger partial charge in [-0.15, -0.1) is 0 Å². The molecule has 0 saturated carbocycles. The van der Waals surface area contributed by atoms with Crippen molar-refractivity contribution in [3.05, 3.63) is 21.9 Å². The molecule has 0 spiro atoms. The van der Waals surface area contributed by atoms with Crippen molar-refractivity contribution in [1.82, 2.24) is 10.3 Å². The number of aromatic nitrogens is 1. The Hall–Kier alpha value is -0.650. The zero-order chi connectivity index (χ0) is 13.1. The molecule has 1 aromatic rings. The van der Waals surface area contributed by atoms with Crippen molar-refractivity contribution in [2.24, 2.45) is 0 Å². The zero-order valence-electron chi connectivity index (χ0n) is 9.97. The Morgan fingerprint density at radius 2 is 2.24 bits per heavy atom. The summed E-state index contributed by atoms with van der Waals surface area (Å²) in [5.74, 6) is -0.115. The summed E-state index contributed by atoms with van der Waals surface area (Å²) in [7, 11) is 0. The molecule has 1 aromatic heterocycles. The highest BCUT2D eigenvalue weighted by molar-refractivity contribution is 9.10. The highest BCUT2D eigenvalue weighted by Crippen LogP contribution is 2.23. The first-order valence-corrected chi connectivity index (χ1v) is 6.41. The Morgan fingerprint density at radius 1 is 1.59 bits per heavy atom. The Kier molecular flexibility index (Phi) is 4.91. The largest absolute Gasteiger partial charge is 0.323 e. The summed E-state index contributed by atoms with van der Waals surface area (Å²) in [5, 5.41) is 6.25. The van der Waals surface area contributed by atoms with Gasteiger partial charge in [-0.25, -0.2) is 4.98 Å². The smallest absolute Gasteiger partial charge is 0.244 e. The third-order valence-corrected chi connectivity index (χ3v) is 3.37. The molecule has 0 bridgehead atoms. The van der Waals surface area contributed by atoms with E-state index in [-0.39, 0.29) is 5.91 Å². The normalized spacial score (nSPS) is 11.4. The maximum Gasteiger partial charge on any atom is 0.244 e. The van der Waals surface area contributed by atoms with Crippen LogP contribution in [-0.4, -0.2) is 23.0 Å². The fraction of sp³-hybridized carbons (Fsp3) is 0.455. The predicted molar refractivity (Wildman–Crippen MR) is 73.3 cm³/mol. The van der Waals surface area contributed by atoms with Gasteiger partial charge in [0.2, 0.25) is 5.91 Å². The SMILES string of the molecule is CCNC(C)(C)C(=O)Nc1cnc(Cl)c(Br)c1. The van der Waals surface area contributed by atoms with Gasteiger partial charge < -0.3 is 10.6 Å². The van der Waals surface area contributed by atoms with E-state index in [1.165, 1.54) is 6.20 Å². The van der Waals surface area contributed by atoms with E-state index < -0.39 is 5.54 Å². The van der Waals surface area contributed by atoms with Crippen molar-refractivity contribution in [2.75, 3.05) is 11.9 Å². The molecule has 1 rings (SSSR count). The molecule has 1 amide bonds. The molecular formula is C11H15BrClN3O. The maximum atomic E-state index is 12.0. The monoisotopic (exact) mass is 319 g/mol. The molecule has 0 aliphatic rings. The summed E-state index contributed by atoms with van der Waals surface area (Å²) in [6.07, 6.45) is 1.52. The van der Waals surface area contributed by atoms with Gasteiger partial charge >= 0.3 is 0 Å². The van der Waals surface area contributed by atoms with E-state index in [4.69, 9.17) is 11.6 Å². The van der Waals surface area contributed by atoms with Crippen molar-refractivity contribution in [2.45, 2.75) is 26.3 Å². The second-order valence-corrected chi connectivity index (χ2v) is 5.32. The molecule has 0 saturated heterocycles. The fourth-order valence-electron chi connectivity index (χ4n) is 1.30. The van der Waals surface area contributed by atoms with Gasteiger partial charge in [0, 0.05) is 0 Å². The number of rotatable bonds is 4. The molecule has 4 nitrogen and oxygen atoms in total. The summed E-state index contributed by atoms with van der Waals surface area (Å²) in [4.78, 5) is 15.9. The van der Waals surface area contributed by atoms with Crippen LogP contribution < -0.4 is 10.6 Å². The van der Waals surface area contributed by atoms with Gasteiger partial charge in [-0.3, -0.25) is 4.79 Å². The molecule has 0 aliphatic carbocycles. The van der Waals surface area contributed by atoms with Gasteiger partial charge in [-0.1, -0.05) is 18.5 Å². The summed E-state index contributed by atoms with van der Waals surface area (Å²) >= 11 is 9.03. The molecule has 2 N–H and O–H groups in total. The lowest BCUT2D eigenvalue weighted by atomic mass is 10.0. The predicted octanol–water partition coefficient (Wildman–Crippen LogP) is 2.82. The first kappa shape index (κ1) is 14.4. The molecule has 0 aromatic carbocycles. The first-order valence-electron chi connectivity index (χ1n) is 5.24. The minimum Gasteiger partial charge on any atom is -0.323 e. The highest BCUT2D eigenvalue weighted by Gasteiger charge is 2.26. The number of nitrogens with zero attached hydrogens (tertiary/aromatic N) is 1. The number of anilines is 1. The van der Waals surface area contributed by atoms with Crippen LogP contribution in [0.5, 0.6) is 0 Å². The van der Waals surface area contributed by atoms with Crippen molar-refractivity contribution in [1.29, 1.82) is 0 Å². The van der Waals surface area contributed by atoms with Crippen LogP contribution in [0.25, 0.3) is 0 Å². The highest BCUT2D eigenvalue weighted by atomic mass is 79.9. The number of carbonyl (C=O) groups is 1. The van der Waals surface area contributed by atoms with Crippen LogP contribution >= 0.6 is 27.5 Å². The van der Waals surface area contributed by atoms with Gasteiger partial charge in [0.1, 0.15) is 5.15 Å². The van der Waals surface area contributed by atoms with Crippen LogP contribution in [-0.2, 0) is 4.79 Å². The van der Waals surface area contributed by atoms with E-state index in [9.17, 15) is 4.79 Å². The van der Waals surface area contributed by atoms with Crippen LogP contribution in [0.3, 0.4) is 0 Å². The van der Waals surface area contributed by atoms with Crippen LogP contribution in [0.4, 0.5) is 5.69 Å². The number of nitrogens with one attached hydrogen (secondary N) is 2. The molecule has 0 radical (unpaired) electrons. The number of halogens is 2. The van der Waals surface area contributed by atoms with Gasteiger partial charge in [0.25, 0.3) is 0 Å². The first-order chi connectivity index (χ1) is 7.86. The van der Waals surface area contributed by atoms with Crippen molar-refractivity contribution < 1.29 is 4.79 Å². The lowest BCUT2D eigenvalue weighted by Gasteiger charge is -2.24. The quantitative estimate of drug-likeness (QED) is 0.839. The maximum absolute atomic E-state index is 12.0. The fourth-order valence-corrected chi connectivity index (χ4v) is 1.75. The average molecular weight is 321 g/mol. The lowest BCUT2D eigenvalue weighted by molar-refractivity contribution is -0.121.